The number of pyridine rings is 1. The highest BCUT2D eigenvalue weighted by molar-refractivity contribution is 5.94. The number of hydrogen-bond donors (Lipinski definition) is 0. The Labute approximate surface area is 212 Å². The molecule has 0 saturated carbocycles. The van der Waals surface area contributed by atoms with Crippen molar-refractivity contribution in [1.82, 2.24) is 15.0 Å². The second-order valence-corrected chi connectivity index (χ2v) is 8.94. The summed E-state index contributed by atoms with van der Waals surface area (Å²) >= 11 is 0. The van der Waals surface area contributed by atoms with Gasteiger partial charge in [0.05, 0.1) is 16.9 Å². The third-order valence-electron chi connectivity index (χ3n) is 6.13. The largest absolute Gasteiger partial charge is 0.256 e. The van der Waals surface area contributed by atoms with Gasteiger partial charge in [-0.1, -0.05) is 91.5 Å². The van der Waals surface area contributed by atoms with Crippen LogP contribution in [0.4, 0.5) is 0 Å². The molecule has 0 aliphatic heterocycles. The van der Waals surface area contributed by atoms with Crippen molar-refractivity contribution in [2.45, 2.75) is 13.8 Å². The van der Waals surface area contributed by atoms with Crippen molar-refractivity contribution in [1.29, 1.82) is 0 Å². The Hall–Kier alpha value is -4.63. The summed E-state index contributed by atoms with van der Waals surface area (Å²) in [5, 5.41) is 1.02. The number of rotatable bonds is 6. The molecule has 0 unspecified atom stereocenters. The number of para-hydroxylation sites is 1. The third-order valence-corrected chi connectivity index (χ3v) is 6.13. The van der Waals surface area contributed by atoms with E-state index in [0.29, 0.717) is 5.82 Å². The molecule has 5 rings (SSSR count). The van der Waals surface area contributed by atoms with Crippen molar-refractivity contribution in [3.05, 3.63) is 133 Å². The fourth-order valence-electron chi connectivity index (χ4n) is 4.20. The quantitative estimate of drug-likeness (QED) is 0.236. The maximum atomic E-state index is 5.06. The lowest BCUT2D eigenvalue weighted by molar-refractivity contribution is 1.22. The molecule has 0 fully saturated rings. The van der Waals surface area contributed by atoms with Gasteiger partial charge in [-0.2, -0.15) is 0 Å². The summed E-state index contributed by atoms with van der Waals surface area (Å²) in [6.07, 6.45) is 5.80. The molecule has 0 aliphatic rings. The number of fused-ring (bicyclic) bond motifs is 1. The van der Waals surface area contributed by atoms with Crippen molar-refractivity contribution >= 4 is 16.5 Å². The minimum absolute atomic E-state index is 0.690. The Bertz CT molecular complexity index is 1610. The van der Waals surface area contributed by atoms with Crippen molar-refractivity contribution in [2.75, 3.05) is 0 Å². The van der Waals surface area contributed by atoms with E-state index in [9.17, 15) is 0 Å². The van der Waals surface area contributed by atoms with Crippen LogP contribution in [0.15, 0.2) is 122 Å². The highest BCUT2D eigenvalue weighted by atomic mass is 14.9. The van der Waals surface area contributed by atoms with E-state index in [1.165, 1.54) is 0 Å². The number of aryl methyl sites for hydroxylation is 1. The summed E-state index contributed by atoms with van der Waals surface area (Å²) in [5.41, 5.74) is 9.98. The van der Waals surface area contributed by atoms with Crippen LogP contribution in [0.2, 0.25) is 0 Å². The van der Waals surface area contributed by atoms with Gasteiger partial charge in [-0.3, -0.25) is 4.98 Å². The van der Waals surface area contributed by atoms with Crippen molar-refractivity contribution < 1.29 is 0 Å². The Balaban J connectivity index is 1.60. The average Bonchev–Trinajstić information content (AvgIpc) is 2.92. The minimum atomic E-state index is 0.690. The molecule has 0 aliphatic carbocycles. The summed E-state index contributed by atoms with van der Waals surface area (Å²) < 4.78 is 0. The van der Waals surface area contributed by atoms with E-state index in [0.717, 1.165) is 61.3 Å². The van der Waals surface area contributed by atoms with E-state index in [2.05, 4.69) is 73.6 Å². The monoisotopic (exact) mass is 465 g/mol. The summed E-state index contributed by atoms with van der Waals surface area (Å²) in [5.74, 6) is 0.690. The molecule has 0 amide bonds. The number of aromatic nitrogens is 3. The molecule has 2 heterocycles. The molecule has 36 heavy (non-hydrogen) atoms. The second kappa shape index (κ2) is 9.93. The molecular weight excluding hydrogens is 438 g/mol. The van der Waals surface area contributed by atoms with Crippen LogP contribution in [-0.4, -0.2) is 15.0 Å². The zero-order chi connectivity index (χ0) is 25.1. The fourth-order valence-corrected chi connectivity index (χ4v) is 4.20. The highest BCUT2D eigenvalue weighted by Gasteiger charge is 2.13. The van der Waals surface area contributed by atoms with Crippen LogP contribution in [0.5, 0.6) is 0 Å². The topological polar surface area (TPSA) is 38.7 Å². The van der Waals surface area contributed by atoms with Crippen molar-refractivity contribution in [3.8, 4) is 33.9 Å². The van der Waals surface area contributed by atoms with Gasteiger partial charge in [0.25, 0.3) is 0 Å². The van der Waals surface area contributed by atoms with E-state index in [-0.39, 0.29) is 0 Å². The average molecular weight is 466 g/mol. The normalized spacial score (nSPS) is 11.2. The maximum absolute atomic E-state index is 5.06. The molecule has 2 aromatic heterocycles. The smallest absolute Gasteiger partial charge is 0.160 e. The van der Waals surface area contributed by atoms with Gasteiger partial charge in [0.15, 0.2) is 5.82 Å². The van der Waals surface area contributed by atoms with Gasteiger partial charge in [-0.05, 0) is 54.8 Å². The van der Waals surface area contributed by atoms with Crippen LogP contribution in [0.1, 0.15) is 18.1 Å². The first-order chi connectivity index (χ1) is 17.5. The molecule has 174 valence electrons. The van der Waals surface area contributed by atoms with Gasteiger partial charge in [0, 0.05) is 28.3 Å². The highest BCUT2D eigenvalue weighted by Crippen LogP contribution is 2.32. The van der Waals surface area contributed by atoms with Gasteiger partial charge >= 0.3 is 0 Å². The lowest BCUT2D eigenvalue weighted by Crippen LogP contribution is -1.96. The zero-order valence-electron chi connectivity index (χ0n) is 20.6. The zero-order valence-corrected chi connectivity index (χ0v) is 20.6. The Morgan fingerprint density at radius 3 is 2.22 bits per heavy atom. The first kappa shape index (κ1) is 23.1. The summed E-state index contributed by atoms with van der Waals surface area (Å²) in [7, 11) is 0. The van der Waals surface area contributed by atoms with Crippen LogP contribution in [-0.2, 0) is 0 Å². The van der Waals surface area contributed by atoms with E-state index in [1.54, 1.807) is 0 Å². The lowest BCUT2D eigenvalue weighted by Gasteiger charge is -2.12. The Morgan fingerprint density at radius 2 is 1.47 bits per heavy atom. The molecule has 3 nitrogen and oxygen atoms in total. The van der Waals surface area contributed by atoms with E-state index >= 15 is 0 Å². The second-order valence-electron chi connectivity index (χ2n) is 8.94. The Kier molecular flexibility index (Phi) is 6.38. The minimum Gasteiger partial charge on any atom is -0.256 e. The first-order valence-electron chi connectivity index (χ1n) is 11.9. The maximum Gasteiger partial charge on any atom is 0.160 e. The molecule has 0 spiro atoms. The van der Waals surface area contributed by atoms with Crippen LogP contribution >= 0.6 is 0 Å². The molecule has 0 atom stereocenters. The van der Waals surface area contributed by atoms with Gasteiger partial charge < -0.3 is 0 Å². The molecule has 5 aromatic rings. The van der Waals surface area contributed by atoms with E-state index in [1.807, 2.05) is 61.7 Å². The number of benzene rings is 3. The predicted octanol–water partition coefficient (Wildman–Crippen LogP) is 8.48. The van der Waals surface area contributed by atoms with Gasteiger partial charge in [0.1, 0.15) is 0 Å². The van der Waals surface area contributed by atoms with Gasteiger partial charge in [-0.15, -0.1) is 0 Å². The summed E-state index contributed by atoms with van der Waals surface area (Å²) in [6.45, 7) is 12.3. The van der Waals surface area contributed by atoms with Crippen LogP contribution in [0.3, 0.4) is 0 Å². The number of allylic oxidation sites excluding steroid dienone is 4. The summed E-state index contributed by atoms with van der Waals surface area (Å²) in [4.78, 5) is 14.4. The first-order valence-corrected chi connectivity index (χ1v) is 11.9. The SMILES string of the molecule is C=C(C)/C=C\C(=C)c1cc(-c2nc(-c3ccc(-c4ccccn4)cc3)c3ccccc3n2)ccc1C. The number of nitrogens with zero attached hydrogens (tertiary/aromatic N) is 3. The van der Waals surface area contributed by atoms with E-state index in [4.69, 9.17) is 9.97 Å². The Morgan fingerprint density at radius 1 is 0.750 bits per heavy atom. The van der Waals surface area contributed by atoms with Crippen LogP contribution in [0.25, 0.3) is 50.4 Å². The molecule has 3 aromatic carbocycles. The molecular formula is C33H27N3. The number of hydrogen-bond acceptors (Lipinski definition) is 3. The van der Waals surface area contributed by atoms with E-state index < -0.39 is 0 Å². The molecule has 0 saturated heterocycles. The third kappa shape index (κ3) is 4.77. The fraction of sp³-hybridized carbons (Fsp3) is 0.0606. The molecule has 0 N–H and O–H groups in total. The predicted molar refractivity (Wildman–Crippen MR) is 151 cm³/mol. The lowest BCUT2D eigenvalue weighted by atomic mass is 9.97. The van der Waals surface area contributed by atoms with Gasteiger partial charge in [-0.25, -0.2) is 9.97 Å². The van der Waals surface area contributed by atoms with Crippen molar-refractivity contribution in [3.63, 3.8) is 0 Å². The van der Waals surface area contributed by atoms with Gasteiger partial charge in [0.2, 0.25) is 0 Å². The molecule has 3 heteroatoms. The van der Waals surface area contributed by atoms with Crippen LogP contribution < -0.4 is 0 Å². The summed E-state index contributed by atoms with van der Waals surface area (Å²) in [6, 6.07) is 28.8. The van der Waals surface area contributed by atoms with Crippen LogP contribution in [0, 0.1) is 6.92 Å². The molecule has 0 radical (unpaired) electrons. The molecule has 0 bridgehead atoms. The van der Waals surface area contributed by atoms with Crippen molar-refractivity contribution in [2.24, 2.45) is 0 Å². The standard InChI is InChI=1S/C33H27N3/c1-22(2)12-13-23(3)29-21-27(15-14-24(29)4)33-35-31-11-6-5-9-28(31)32(36-33)26-18-16-25(17-19-26)30-10-7-8-20-34-30/h5-21H,1,3H2,2,4H3/b13-12-.